The fraction of sp³-hybridized carbons (Fsp3) is 0.167. The molecule has 0 aliphatic carbocycles. The highest BCUT2D eigenvalue weighted by atomic mass is 79.9. The average Bonchev–Trinajstić information content (AvgIpc) is 2.63. The van der Waals surface area contributed by atoms with Crippen molar-refractivity contribution in [3.8, 4) is 0 Å². The van der Waals surface area contributed by atoms with Gasteiger partial charge in [0, 0.05) is 31.5 Å². The predicted octanol–water partition coefficient (Wildman–Crippen LogP) is 5.08. The van der Waals surface area contributed by atoms with Crippen molar-refractivity contribution >= 4 is 44.6 Å². The fourth-order valence-electron chi connectivity index (χ4n) is 1.40. The summed E-state index contributed by atoms with van der Waals surface area (Å²) < 4.78 is 0.994. The standard InChI is InChI=1S/C12H11BrClNS/c1-8-2-4-10(16-8)7-15-12-5-3-9(14)6-11(12)13/h2-6,15H,7H2,1H3. The lowest BCUT2D eigenvalue weighted by atomic mass is 10.3. The lowest BCUT2D eigenvalue weighted by Gasteiger charge is -2.07. The molecule has 1 aromatic heterocycles. The number of rotatable bonds is 3. The molecule has 0 saturated carbocycles. The number of anilines is 1. The molecule has 84 valence electrons. The zero-order chi connectivity index (χ0) is 11.5. The van der Waals surface area contributed by atoms with Gasteiger partial charge in [0.15, 0.2) is 0 Å². The van der Waals surface area contributed by atoms with Gasteiger partial charge in [0.25, 0.3) is 0 Å². The van der Waals surface area contributed by atoms with E-state index < -0.39 is 0 Å². The van der Waals surface area contributed by atoms with E-state index in [0.29, 0.717) is 0 Å². The Morgan fingerprint density at radius 1 is 1.31 bits per heavy atom. The van der Waals surface area contributed by atoms with Gasteiger partial charge in [0.05, 0.1) is 0 Å². The van der Waals surface area contributed by atoms with Gasteiger partial charge in [-0.3, -0.25) is 0 Å². The van der Waals surface area contributed by atoms with Gasteiger partial charge in [0.1, 0.15) is 0 Å². The van der Waals surface area contributed by atoms with E-state index in [-0.39, 0.29) is 0 Å². The zero-order valence-corrected chi connectivity index (χ0v) is 11.9. The van der Waals surface area contributed by atoms with Crippen LogP contribution >= 0.6 is 38.9 Å². The molecule has 1 heterocycles. The highest BCUT2D eigenvalue weighted by Gasteiger charge is 2.01. The number of nitrogens with one attached hydrogen (secondary N) is 1. The zero-order valence-electron chi connectivity index (χ0n) is 8.76. The third-order valence-corrected chi connectivity index (χ3v) is 4.07. The maximum atomic E-state index is 5.88. The summed E-state index contributed by atoms with van der Waals surface area (Å²) in [6.07, 6.45) is 0. The summed E-state index contributed by atoms with van der Waals surface area (Å²) in [7, 11) is 0. The van der Waals surface area contributed by atoms with E-state index in [0.717, 1.165) is 21.7 Å². The van der Waals surface area contributed by atoms with Crippen LogP contribution in [0.15, 0.2) is 34.8 Å². The molecular weight excluding hydrogens is 306 g/mol. The van der Waals surface area contributed by atoms with E-state index in [4.69, 9.17) is 11.6 Å². The summed E-state index contributed by atoms with van der Waals surface area (Å²) in [5.74, 6) is 0. The molecule has 0 atom stereocenters. The summed E-state index contributed by atoms with van der Waals surface area (Å²) in [6.45, 7) is 2.96. The van der Waals surface area contributed by atoms with Crippen molar-refractivity contribution in [1.82, 2.24) is 0 Å². The van der Waals surface area contributed by atoms with Crippen LogP contribution in [0.4, 0.5) is 5.69 Å². The largest absolute Gasteiger partial charge is 0.379 e. The quantitative estimate of drug-likeness (QED) is 0.832. The minimum Gasteiger partial charge on any atom is -0.379 e. The first-order chi connectivity index (χ1) is 7.65. The van der Waals surface area contributed by atoms with Gasteiger partial charge < -0.3 is 5.32 Å². The van der Waals surface area contributed by atoms with Crippen molar-refractivity contribution in [1.29, 1.82) is 0 Å². The molecule has 0 saturated heterocycles. The molecule has 4 heteroatoms. The van der Waals surface area contributed by atoms with Gasteiger partial charge in [0.2, 0.25) is 0 Å². The van der Waals surface area contributed by atoms with Gasteiger partial charge in [-0.2, -0.15) is 0 Å². The maximum absolute atomic E-state index is 5.88. The van der Waals surface area contributed by atoms with Crippen LogP contribution in [0.25, 0.3) is 0 Å². The Morgan fingerprint density at radius 2 is 2.12 bits per heavy atom. The van der Waals surface area contributed by atoms with Crippen molar-refractivity contribution in [3.63, 3.8) is 0 Å². The molecular formula is C12H11BrClNS. The lowest BCUT2D eigenvalue weighted by Crippen LogP contribution is -1.97. The lowest BCUT2D eigenvalue weighted by molar-refractivity contribution is 1.19. The second kappa shape index (κ2) is 5.21. The molecule has 2 aromatic rings. The Bertz CT molecular complexity index is 496. The topological polar surface area (TPSA) is 12.0 Å². The third kappa shape index (κ3) is 3.00. The van der Waals surface area contributed by atoms with Crippen molar-refractivity contribution in [2.45, 2.75) is 13.5 Å². The molecule has 0 aliphatic heterocycles. The van der Waals surface area contributed by atoms with Gasteiger partial charge in [-0.05, 0) is 53.2 Å². The molecule has 0 spiro atoms. The highest BCUT2D eigenvalue weighted by Crippen LogP contribution is 2.27. The molecule has 0 unspecified atom stereocenters. The van der Waals surface area contributed by atoms with E-state index >= 15 is 0 Å². The number of benzene rings is 1. The molecule has 16 heavy (non-hydrogen) atoms. The molecule has 0 bridgehead atoms. The normalized spacial score (nSPS) is 10.4. The molecule has 1 N–H and O–H groups in total. The molecule has 0 radical (unpaired) electrons. The minimum absolute atomic E-state index is 0.740. The van der Waals surface area contributed by atoms with Crippen LogP contribution < -0.4 is 5.32 Å². The Morgan fingerprint density at radius 3 is 2.75 bits per heavy atom. The summed E-state index contributed by atoms with van der Waals surface area (Å²) in [4.78, 5) is 2.67. The van der Waals surface area contributed by atoms with Crippen molar-refractivity contribution in [2.24, 2.45) is 0 Å². The first-order valence-corrected chi connectivity index (χ1v) is 6.88. The van der Waals surface area contributed by atoms with Crippen LogP contribution in [-0.2, 0) is 6.54 Å². The third-order valence-electron chi connectivity index (χ3n) is 2.18. The van der Waals surface area contributed by atoms with E-state index in [9.17, 15) is 0 Å². The van der Waals surface area contributed by atoms with Crippen molar-refractivity contribution < 1.29 is 0 Å². The Kier molecular flexibility index (Phi) is 3.90. The summed E-state index contributed by atoms with van der Waals surface area (Å²) in [6, 6.07) is 10.0. The van der Waals surface area contributed by atoms with Crippen LogP contribution in [0.5, 0.6) is 0 Å². The van der Waals surface area contributed by atoms with Gasteiger partial charge in [-0.25, -0.2) is 0 Å². The van der Waals surface area contributed by atoms with Gasteiger partial charge >= 0.3 is 0 Å². The smallest absolute Gasteiger partial charge is 0.0494 e. The second-order valence-corrected chi connectivity index (χ2v) is 6.15. The van der Waals surface area contributed by atoms with Gasteiger partial charge in [-0.1, -0.05) is 11.6 Å². The van der Waals surface area contributed by atoms with Crippen molar-refractivity contribution in [2.75, 3.05) is 5.32 Å². The molecule has 0 fully saturated rings. The number of hydrogen-bond acceptors (Lipinski definition) is 2. The van der Waals surface area contributed by atoms with Crippen LogP contribution in [0.1, 0.15) is 9.75 Å². The average molecular weight is 317 g/mol. The number of halogens is 2. The Labute approximate surface area is 113 Å². The second-order valence-electron chi connectivity index (χ2n) is 3.49. The van der Waals surface area contributed by atoms with Crippen LogP contribution in [0.3, 0.4) is 0 Å². The Hall–Kier alpha value is -0.510. The SMILES string of the molecule is Cc1ccc(CNc2ccc(Cl)cc2Br)s1. The van der Waals surface area contributed by atoms with Gasteiger partial charge in [-0.15, -0.1) is 11.3 Å². The predicted molar refractivity (Wildman–Crippen MR) is 75.5 cm³/mol. The number of aryl methyl sites for hydroxylation is 1. The fourth-order valence-corrected chi connectivity index (χ4v) is 3.05. The molecule has 1 nitrogen and oxygen atoms in total. The minimum atomic E-state index is 0.740. The van der Waals surface area contributed by atoms with E-state index in [1.807, 2.05) is 29.5 Å². The molecule has 0 amide bonds. The van der Waals surface area contributed by atoms with Crippen LogP contribution in [0.2, 0.25) is 5.02 Å². The monoisotopic (exact) mass is 315 g/mol. The van der Waals surface area contributed by atoms with Crippen molar-refractivity contribution in [3.05, 3.63) is 49.6 Å². The highest BCUT2D eigenvalue weighted by molar-refractivity contribution is 9.10. The Balaban J connectivity index is 2.04. The summed E-state index contributed by atoms with van der Waals surface area (Å²) in [5.41, 5.74) is 1.07. The maximum Gasteiger partial charge on any atom is 0.0494 e. The van der Waals surface area contributed by atoms with Crippen LogP contribution in [-0.4, -0.2) is 0 Å². The molecule has 2 rings (SSSR count). The summed E-state index contributed by atoms with van der Waals surface area (Å²) >= 11 is 11.2. The first kappa shape index (κ1) is 12.0. The first-order valence-electron chi connectivity index (χ1n) is 4.89. The van der Waals surface area contributed by atoms with E-state index in [2.05, 4.69) is 40.3 Å². The van der Waals surface area contributed by atoms with Crippen LogP contribution in [0, 0.1) is 6.92 Å². The number of hydrogen-bond donors (Lipinski definition) is 1. The molecule has 1 aromatic carbocycles. The number of thiophene rings is 1. The molecule has 0 aliphatic rings. The summed E-state index contributed by atoms with van der Waals surface area (Å²) in [5, 5.41) is 4.11. The van der Waals surface area contributed by atoms with E-state index in [1.54, 1.807) is 0 Å². The van der Waals surface area contributed by atoms with E-state index in [1.165, 1.54) is 9.75 Å².